The van der Waals surface area contributed by atoms with Crippen molar-refractivity contribution in [2.45, 2.75) is 13.2 Å². The van der Waals surface area contributed by atoms with Crippen molar-refractivity contribution in [1.82, 2.24) is 0 Å². The second-order valence-electron chi connectivity index (χ2n) is 3.03. The van der Waals surface area contributed by atoms with E-state index in [1.807, 2.05) is 21.1 Å². The fraction of sp³-hybridized carbons (Fsp3) is 0.833. The van der Waals surface area contributed by atoms with Gasteiger partial charge in [-0.25, -0.2) is 4.79 Å². The van der Waals surface area contributed by atoms with E-state index in [0.29, 0.717) is 4.48 Å². The van der Waals surface area contributed by atoms with Crippen molar-refractivity contribution in [3.05, 3.63) is 0 Å². The lowest BCUT2D eigenvalue weighted by Crippen LogP contribution is -2.42. The molecule has 0 aliphatic rings. The Morgan fingerprint density at radius 3 is 1.36 bits per heavy atom. The highest BCUT2D eigenvalue weighted by molar-refractivity contribution is 5.53. The Hall–Kier alpha value is -0.810. The molecule has 5 heteroatoms. The third-order valence-corrected chi connectivity index (χ3v) is 1.12. The topological polar surface area (TPSA) is 77.8 Å². The summed E-state index contributed by atoms with van der Waals surface area (Å²) in [6, 6.07) is 0. The van der Waals surface area contributed by atoms with Crippen LogP contribution in [0.1, 0.15) is 6.92 Å². The first kappa shape index (κ1) is 12.8. The molecule has 0 fully saturated rings. The number of nitrogens with zero attached hydrogens (tertiary/aromatic N) is 1. The molecule has 3 N–H and O–H groups in total. The van der Waals surface area contributed by atoms with Crippen LogP contribution in [-0.2, 0) is 0 Å². The van der Waals surface area contributed by atoms with Gasteiger partial charge in [0.25, 0.3) is 0 Å². The molecule has 0 aromatic carbocycles. The molecule has 68 valence electrons. The Morgan fingerprint density at radius 1 is 1.27 bits per heavy atom. The molecule has 0 aromatic heterocycles. The van der Waals surface area contributed by atoms with Gasteiger partial charge in [0.2, 0.25) is 0 Å². The van der Waals surface area contributed by atoms with Crippen LogP contribution in [0.3, 0.4) is 0 Å². The molecule has 0 saturated heterocycles. The second kappa shape index (κ2) is 4.92. The van der Waals surface area contributed by atoms with Gasteiger partial charge in [0.1, 0.15) is 0 Å². The predicted molar refractivity (Wildman–Crippen MR) is 40.4 cm³/mol. The van der Waals surface area contributed by atoms with Crippen LogP contribution in [0.25, 0.3) is 0 Å². The summed E-state index contributed by atoms with van der Waals surface area (Å²) in [5.74, 6) is 0. The molecule has 1 unspecified atom stereocenters. The van der Waals surface area contributed by atoms with E-state index in [4.69, 9.17) is 20.1 Å². The maximum absolute atomic E-state index is 8.86. The van der Waals surface area contributed by atoms with Gasteiger partial charge < -0.3 is 19.8 Å². The molecule has 0 aliphatic heterocycles. The lowest BCUT2D eigenvalue weighted by Gasteiger charge is -2.26. The Bertz CT molecular complexity index is 112. The monoisotopic (exact) mass is 166 g/mol. The number of aliphatic hydroxyl groups excluding tert-OH is 1. The Morgan fingerprint density at radius 2 is 1.36 bits per heavy atom. The first-order valence-corrected chi connectivity index (χ1v) is 3.09. The number of rotatable bonds is 1. The van der Waals surface area contributed by atoms with E-state index >= 15 is 0 Å². The van der Waals surface area contributed by atoms with Crippen LogP contribution in [-0.4, -0.2) is 53.3 Å². The zero-order valence-electron chi connectivity index (χ0n) is 7.27. The zero-order chi connectivity index (χ0) is 9.65. The number of quaternary nitrogens is 1. The minimum Gasteiger partial charge on any atom is -0.450 e. The number of aliphatic hydroxyl groups is 1. The second-order valence-corrected chi connectivity index (χ2v) is 3.03. The molecular weight excluding hydrogens is 150 g/mol. The van der Waals surface area contributed by atoms with Crippen molar-refractivity contribution in [3.8, 4) is 0 Å². The van der Waals surface area contributed by atoms with E-state index in [-0.39, 0.29) is 6.23 Å². The summed E-state index contributed by atoms with van der Waals surface area (Å²) >= 11 is 0. The summed E-state index contributed by atoms with van der Waals surface area (Å²) in [4.78, 5) is 8.56. The number of carbonyl (C=O) groups is 1. The van der Waals surface area contributed by atoms with E-state index in [1.165, 1.54) is 0 Å². The van der Waals surface area contributed by atoms with Crippen molar-refractivity contribution in [2.24, 2.45) is 0 Å². The van der Waals surface area contributed by atoms with Gasteiger partial charge in [-0.15, -0.1) is 0 Å². The van der Waals surface area contributed by atoms with Crippen molar-refractivity contribution in [1.29, 1.82) is 0 Å². The maximum atomic E-state index is 8.86. The summed E-state index contributed by atoms with van der Waals surface area (Å²) in [5, 5.41) is 22.8. The van der Waals surface area contributed by atoms with Gasteiger partial charge in [-0.2, -0.15) is 0 Å². The number of carboxylic acid groups (broad SMARTS) is 2. The minimum absolute atomic E-state index is 0.264. The summed E-state index contributed by atoms with van der Waals surface area (Å²) in [6.07, 6.45) is -2.10. The molecule has 0 heterocycles. The highest BCUT2D eigenvalue weighted by atomic mass is 16.6. The number of hydrogen-bond donors (Lipinski definition) is 3. The highest BCUT2D eigenvalue weighted by Gasteiger charge is 2.12. The summed E-state index contributed by atoms with van der Waals surface area (Å²) < 4.78 is 0.611. The lowest BCUT2D eigenvalue weighted by atomic mass is 10.5. The largest absolute Gasteiger partial charge is 0.503 e. The van der Waals surface area contributed by atoms with E-state index in [1.54, 1.807) is 6.92 Å². The van der Waals surface area contributed by atoms with E-state index in [2.05, 4.69) is 0 Å². The van der Waals surface area contributed by atoms with E-state index in [9.17, 15) is 0 Å². The standard InChI is InChI=1S/C5H14NO.CH2O3/c1-5(7)6(2,3)4;2-1(3)4/h5,7H,1-4H3;(H2,2,3,4)/q+1;. The van der Waals surface area contributed by atoms with Gasteiger partial charge in [0, 0.05) is 6.92 Å². The van der Waals surface area contributed by atoms with Gasteiger partial charge in [0.15, 0.2) is 6.23 Å². The van der Waals surface area contributed by atoms with Crippen LogP contribution < -0.4 is 0 Å². The van der Waals surface area contributed by atoms with E-state index in [0.717, 1.165) is 0 Å². The summed E-state index contributed by atoms with van der Waals surface area (Å²) in [6.45, 7) is 1.78. The van der Waals surface area contributed by atoms with Crippen molar-refractivity contribution in [2.75, 3.05) is 21.1 Å². The van der Waals surface area contributed by atoms with Crippen LogP contribution in [0.4, 0.5) is 4.79 Å². The van der Waals surface area contributed by atoms with Crippen LogP contribution >= 0.6 is 0 Å². The molecule has 5 nitrogen and oxygen atoms in total. The Labute approximate surface area is 66.1 Å². The molecule has 0 rings (SSSR count). The summed E-state index contributed by atoms with van der Waals surface area (Å²) in [5.41, 5.74) is 0. The molecular formula is C6H16NO4+. The van der Waals surface area contributed by atoms with Crippen molar-refractivity contribution in [3.63, 3.8) is 0 Å². The fourth-order valence-corrected chi connectivity index (χ4v) is 0. The minimum atomic E-state index is -1.83. The third kappa shape index (κ3) is 17.6. The predicted octanol–water partition coefficient (Wildman–Crippen LogP) is 0.253. The van der Waals surface area contributed by atoms with Crippen LogP contribution in [0.2, 0.25) is 0 Å². The first-order valence-electron chi connectivity index (χ1n) is 3.09. The number of hydrogen-bond acceptors (Lipinski definition) is 2. The fourth-order valence-electron chi connectivity index (χ4n) is 0. The summed E-state index contributed by atoms with van der Waals surface area (Å²) in [7, 11) is 5.85. The first-order chi connectivity index (χ1) is 4.68. The van der Waals surface area contributed by atoms with Crippen LogP contribution in [0, 0.1) is 0 Å². The molecule has 0 bridgehead atoms. The average Bonchev–Trinajstić information content (AvgIpc) is 1.59. The Kier molecular flexibility index (Phi) is 5.74. The quantitative estimate of drug-likeness (QED) is 0.385. The van der Waals surface area contributed by atoms with Gasteiger partial charge in [0.05, 0.1) is 21.1 Å². The van der Waals surface area contributed by atoms with Gasteiger partial charge >= 0.3 is 6.16 Å². The normalized spacial score (nSPS) is 12.8. The molecule has 0 radical (unpaired) electrons. The highest BCUT2D eigenvalue weighted by Crippen LogP contribution is 1.94. The van der Waals surface area contributed by atoms with Gasteiger partial charge in [-0.3, -0.25) is 0 Å². The average molecular weight is 166 g/mol. The maximum Gasteiger partial charge on any atom is 0.503 e. The van der Waals surface area contributed by atoms with Gasteiger partial charge in [-0.05, 0) is 0 Å². The smallest absolute Gasteiger partial charge is 0.450 e. The van der Waals surface area contributed by atoms with E-state index < -0.39 is 6.16 Å². The molecule has 0 saturated carbocycles. The Balaban J connectivity index is 0. The van der Waals surface area contributed by atoms with Crippen LogP contribution in [0.15, 0.2) is 0 Å². The molecule has 0 amide bonds. The van der Waals surface area contributed by atoms with Crippen molar-refractivity contribution >= 4 is 6.16 Å². The molecule has 0 aromatic rings. The lowest BCUT2D eigenvalue weighted by molar-refractivity contribution is -0.916. The van der Waals surface area contributed by atoms with Gasteiger partial charge in [-0.1, -0.05) is 0 Å². The molecule has 0 aliphatic carbocycles. The van der Waals surface area contributed by atoms with Crippen LogP contribution in [0.5, 0.6) is 0 Å². The molecule has 1 atom stereocenters. The zero-order valence-corrected chi connectivity index (χ0v) is 7.27. The van der Waals surface area contributed by atoms with Crippen molar-refractivity contribution < 1.29 is 24.6 Å². The molecule has 0 spiro atoms. The SMILES string of the molecule is CC(O)[N+](C)(C)C.O=C(O)O. The third-order valence-electron chi connectivity index (χ3n) is 1.12. The molecule has 11 heavy (non-hydrogen) atoms.